The van der Waals surface area contributed by atoms with E-state index >= 15 is 0 Å². The minimum absolute atomic E-state index is 0.0680. The van der Waals surface area contributed by atoms with E-state index in [1.165, 1.54) is 5.56 Å². The molecule has 1 atom stereocenters. The topological polar surface area (TPSA) is 69.2 Å². The van der Waals surface area contributed by atoms with E-state index in [0.29, 0.717) is 0 Å². The van der Waals surface area contributed by atoms with Crippen LogP contribution in [0.1, 0.15) is 43.5 Å². The molecule has 2 aromatic heterocycles. The van der Waals surface area contributed by atoms with Gasteiger partial charge in [-0.15, -0.1) is 0 Å². The van der Waals surface area contributed by atoms with Crippen LogP contribution in [0.4, 0.5) is 0 Å². The molecule has 26 heavy (non-hydrogen) atoms. The van der Waals surface area contributed by atoms with Crippen molar-refractivity contribution in [1.29, 1.82) is 0 Å². The maximum atomic E-state index is 11.5. The first kappa shape index (κ1) is 18.8. The van der Waals surface area contributed by atoms with Crippen LogP contribution in [-0.2, 0) is 12.0 Å². The van der Waals surface area contributed by atoms with E-state index in [1.54, 1.807) is 12.3 Å². The quantitative estimate of drug-likeness (QED) is 0.836. The van der Waals surface area contributed by atoms with Crippen molar-refractivity contribution in [2.24, 2.45) is 5.41 Å². The number of hydrogen-bond donors (Lipinski definition) is 2. The number of rotatable bonds is 6. The summed E-state index contributed by atoms with van der Waals surface area (Å²) in [5, 5.41) is 10.1. The zero-order chi connectivity index (χ0) is 18.8. The summed E-state index contributed by atoms with van der Waals surface area (Å²) in [4.78, 5) is 21.0. The van der Waals surface area contributed by atoms with Crippen LogP contribution in [0.3, 0.4) is 0 Å². The third-order valence-corrected chi connectivity index (χ3v) is 5.97. The van der Waals surface area contributed by atoms with Gasteiger partial charge < -0.3 is 10.1 Å². The Balaban J connectivity index is 1.71. The summed E-state index contributed by atoms with van der Waals surface area (Å²) >= 11 is 0. The highest BCUT2D eigenvalue weighted by Crippen LogP contribution is 2.41. The molecule has 3 rings (SSSR count). The van der Waals surface area contributed by atoms with E-state index < -0.39 is 0 Å². The number of H-pyrrole nitrogens is 1. The van der Waals surface area contributed by atoms with Crippen molar-refractivity contribution < 1.29 is 5.11 Å². The Morgan fingerprint density at radius 1 is 1.35 bits per heavy atom. The minimum atomic E-state index is -0.123. The molecule has 1 saturated heterocycles. The number of pyridine rings is 2. The lowest BCUT2D eigenvalue weighted by Crippen LogP contribution is -2.42. The van der Waals surface area contributed by atoms with Crippen LogP contribution in [0.2, 0.25) is 0 Å². The van der Waals surface area contributed by atoms with Gasteiger partial charge in [0.05, 0.1) is 0 Å². The SMILES string of the molecule is Cc1ccc(C(C)(C)N2CC[C@@](CO)(CCc3cc[nH]c(=O)c3)C2)cn1. The second-order valence-corrected chi connectivity index (χ2v) is 8.14. The lowest BCUT2D eigenvalue weighted by molar-refractivity contribution is 0.0870. The molecule has 0 saturated carbocycles. The van der Waals surface area contributed by atoms with Gasteiger partial charge in [-0.05, 0) is 69.8 Å². The molecule has 0 amide bonds. The van der Waals surface area contributed by atoms with Crippen LogP contribution >= 0.6 is 0 Å². The number of hydrogen-bond acceptors (Lipinski definition) is 4. The third-order valence-electron chi connectivity index (χ3n) is 5.97. The Morgan fingerprint density at radius 3 is 2.81 bits per heavy atom. The van der Waals surface area contributed by atoms with Gasteiger partial charge in [0.2, 0.25) is 5.56 Å². The summed E-state index contributed by atoms with van der Waals surface area (Å²) in [6.45, 7) is 8.43. The van der Waals surface area contributed by atoms with Gasteiger partial charge in [0.15, 0.2) is 0 Å². The number of nitrogens with zero attached hydrogens (tertiary/aromatic N) is 2. The first-order chi connectivity index (χ1) is 12.3. The van der Waals surface area contributed by atoms with Crippen LogP contribution in [0.15, 0.2) is 41.5 Å². The highest BCUT2D eigenvalue weighted by Gasteiger charge is 2.43. The first-order valence-corrected chi connectivity index (χ1v) is 9.31. The molecule has 1 fully saturated rings. The molecular weight excluding hydrogens is 326 g/mol. The molecule has 5 heteroatoms. The molecule has 5 nitrogen and oxygen atoms in total. The molecule has 0 bridgehead atoms. The normalized spacial score (nSPS) is 21.2. The highest BCUT2D eigenvalue weighted by atomic mass is 16.3. The summed E-state index contributed by atoms with van der Waals surface area (Å²) in [6, 6.07) is 7.80. The van der Waals surface area contributed by atoms with Gasteiger partial charge in [0.25, 0.3) is 0 Å². The van der Waals surface area contributed by atoms with Crippen molar-refractivity contribution >= 4 is 0 Å². The Hall–Kier alpha value is -1.98. The molecule has 1 aliphatic rings. The van der Waals surface area contributed by atoms with Crippen molar-refractivity contribution in [3.63, 3.8) is 0 Å². The summed E-state index contributed by atoms with van der Waals surface area (Å²) in [7, 11) is 0. The van der Waals surface area contributed by atoms with E-state index in [-0.39, 0.29) is 23.1 Å². The molecule has 1 aliphatic heterocycles. The molecule has 0 radical (unpaired) electrons. The van der Waals surface area contributed by atoms with Gasteiger partial charge in [-0.2, -0.15) is 0 Å². The van der Waals surface area contributed by atoms with Crippen molar-refractivity contribution in [2.45, 2.75) is 45.6 Å². The van der Waals surface area contributed by atoms with Gasteiger partial charge in [0, 0.05) is 48.3 Å². The van der Waals surface area contributed by atoms with Gasteiger partial charge in [-0.25, -0.2) is 0 Å². The fraction of sp³-hybridized carbons (Fsp3) is 0.524. The van der Waals surface area contributed by atoms with Crippen LogP contribution in [0.25, 0.3) is 0 Å². The molecule has 0 spiro atoms. The van der Waals surface area contributed by atoms with Gasteiger partial charge in [-0.3, -0.25) is 14.7 Å². The molecule has 0 aromatic carbocycles. The summed E-state index contributed by atoms with van der Waals surface area (Å²) in [5.41, 5.74) is 2.95. The average molecular weight is 355 g/mol. The Kier molecular flexibility index (Phi) is 5.30. The monoisotopic (exact) mass is 355 g/mol. The second kappa shape index (κ2) is 7.33. The molecule has 3 heterocycles. The number of aryl methyl sites for hydroxylation is 2. The molecule has 0 aliphatic carbocycles. The van der Waals surface area contributed by atoms with Crippen LogP contribution < -0.4 is 5.56 Å². The summed E-state index contributed by atoms with van der Waals surface area (Å²) in [6.07, 6.45) is 6.31. The summed E-state index contributed by atoms with van der Waals surface area (Å²) < 4.78 is 0. The lowest BCUT2D eigenvalue weighted by Gasteiger charge is -2.37. The number of aliphatic hydroxyl groups is 1. The van der Waals surface area contributed by atoms with E-state index in [4.69, 9.17) is 0 Å². The lowest BCUT2D eigenvalue weighted by atomic mass is 9.82. The molecular formula is C21H29N3O2. The third kappa shape index (κ3) is 3.89. The standard InChI is InChI=1S/C21H29N3O2/c1-16-4-5-18(13-23-16)20(2,3)24-11-9-21(14-24,15-25)8-6-17-7-10-22-19(26)12-17/h4-5,7,10,12-13,25H,6,8-9,11,14-15H2,1-3H3,(H,22,26)/t21-/m0/s1. The van der Waals surface area contributed by atoms with Gasteiger partial charge >= 0.3 is 0 Å². The predicted molar refractivity (Wildman–Crippen MR) is 103 cm³/mol. The zero-order valence-corrected chi connectivity index (χ0v) is 16.0. The number of aliphatic hydroxyl groups excluding tert-OH is 1. The highest BCUT2D eigenvalue weighted by molar-refractivity contribution is 5.22. The number of nitrogens with one attached hydrogen (secondary N) is 1. The van der Waals surface area contributed by atoms with Crippen molar-refractivity contribution in [3.8, 4) is 0 Å². The molecule has 2 N–H and O–H groups in total. The van der Waals surface area contributed by atoms with Gasteiger partial charge in [0.1, 0.15) is 0 Å². The number of aromatic nitrogens is 2. The number of likely N-dealkylation sites (tertiary alicyclic amines) is 1. The predicted octanol–water partition coefficient (Wildman–Crippen LogP) is 2.63. The smallest absolute Gasteiger partial charge is 0.248 e. The van der Waals surface area contributed by atoms with Crippen LogP contribution in [0, 0.1) is 12.3 Å². The van der Waals surface area contributed by atoms with Crippen molar-refractivity contribution in [3.05, 3.63) is 63.8 Å². The van der Waals surface area contributed by atoms with E-state index in [2.05, 4.69) is 40.8 Å². The largest absolute Gasteiger partial charge is 0.396 e. The Labute approximate surface area is 155 Å². The molecule has 0 unspecified atom stereocenters. The van der Waals surface area contributed by atoms with E-state index in [0.717, 1.165) is 43.6 Å². The average Bonchev–Trinajstić information content (AvgIpc) is 3.06. The molecule has 2 aromatic rings. The molecule has 140 valence electrons. The van der Waals surface area contributed by atoms with E-state index in [1.807, 2.05) is 19.2 Å². The van der Waals surface area contributed by atoms with Crippen LogP contribution in [-0.4, -0.2) is 39.7 Å². The minimum Gasteiger partial charge on any atom is -0.396 e. The summed E-state index contributed by atoms with van der Waals surface area (Å²) in [5.74, 6) is 0. The maximum Gasteiger partial charge on any atom is 0.248 e. The zero-order valence-electron chi connectivity index (χ0n) is 16.0. The Bertz CT molecular complexity index is 797. The van der Waals surface area contributed by atoms with Crippen molar-refractivity contribution in [2.75, 3.05) is 19.7 Å². The fourth-order valence-corrected chi connectivity index (χ4v) is 3.89. The second-order valence-electron chi connectivity index (χ2n) is 8.14. The fourth-order valence-electron chi connectivity index (χ4n) is 3.89. The first-order valence-electron chi connectivity index (χ1n) is 9.31. The Morgan fingerprint density at radius 2 is 2.15 bits per heavy atom. The maximum absolute atomic E-state index is 11.5. The van der Waals surface area contributed by atoms with E-state index in [9.17, 15) is 9.90 Å². The van der Waals surface area contributed by atoms with Gasteiger partial charge in [-0.1, -0.05) is 6.07 Å². The van der Waals surface area contributed by atoms with Crippen LogP contribution in [0.5, 0.6) is 0 Å². The number of aromatic amines is 1. The van der Waals surface area contributed by atoms with Crippen molar-refractivity contribution in [1.82, 2.24) is 14.9 Å².